The fourth-order valence-corrected chi connectivity index (χ4v) is 0.318. The molecule has 2 N–H and O–H groups in total. The van der Waals surface area contributed by atoms with Gasteiger partial charge in [0.05, 0.1) is 0 Å². The zero-order chi connectivity index (χ0) is 5.70. The van der Waals surface area contributed by atoms with E-state index < -0.39 is 0 Å². The van der Waals surface area contributed by atoms with Gasteiger partial charge in [-0.15, -0.1) is 0 Å². The molecule has 0 rings (SSSR count). The van der Waals surface area contributed by atoms with Crippen LogP contribution in [0.2, 0.25) is 0 Å². The van der Waals surface area contributed by atoms with Gasteiger partial charge in [0.15, 0.2) is 0 Å². The highest BCUT2D eigenvalue weighted by molar-refractivity contribution is 5.13. The van der Waals surface area contributed by atoms with Crippen molar-refractivity contribution < 1.29 is 0 Å². The molecule has 1 nitrogen and oxygen atoms in total. The smallest absolute Gasteiger partial charge is 0.00327 e. The quantitative estimate of drug-likeness (QED) is 0.492. The van der Waals surface area contributed by atoms with E-state index in [1.807, 2.05) is 26.0 Å². The predicted octanol–water partition coefficient (Wildman–Crippen LogP) is 1.43. The van der Waals surface area contributed by atoms with E-state index in [1.165, 1.54) is 0 Å². The highest BCUT2D eigenvalue weighted by Gasteiger charge is 1.70. The summed E-state index contributed by atoms with van der Waals surface area (Å²) in [5, 5.41) is 0. The van der Waals surface area contributed by atoms with Crippen LogP contribution in [0.1, 0.15) is 13.8 Å². The van der Waals surface area contributed by atoms with Gasteiger partial charge in [0.25, 0.3) is 0 Å². The number of allylic oxidation sites excluding steroid dienone is 3. The molecule has 0 atom stereocenters. The summed E-state index contributed by atoms with van der Waals surface area (Å²) in [6, 6.07) is 0. The molecule has 0 spiro atoms. The first-order chi connectivity index (χ1) is 3.31. The summed E-state index contributed by atoms with van der Waals surface area (Å²) >= 11 is 0. The van der Waals surface area contributed by atoms with E-state index in [9.17, 15) is 0 Å². The van der Waals surface area contributed by atoms with Gasteiger partial charge in [-0.1, -0.05) is 12.2 Å². The molecule has 0 amide bonds. The van der Waals surface area contributed by atoms with Crippen LogP contribution in [-0.4, -0.2) is 0 Å². The standard InChI is InChI=1S/C6H11N/c1-3-4-6(2)5-7/h3-5H,7H2,1-2H3/b4-3+,6-5+. The maximum absolute atomic E-state index is 5.14. The largest absolute Gasteiger partial charge is 0.404 e. The van der Waals surface area contributed by atoms with E-state index in [1.54, 1.807) is 6.20 Å². The minimum absolute atomic E-state index is 1.10. The highest BCUT2D eigenvalue weighted by Crippen LogP contribution is 1.88. The van der Waals surface area contributed by atoms with Gasteiger partial charge < -0.3 is 5.73 Å². The molecule has 0 aliphatic rings. The molecular weight excluding hydrogens is 86.1 g/mol. The van der Waals surface area contributed by atoms with Crippen LogP contribution < -0.4 is 5.73 Å². The topological polar surface area (TPSA) is 26.0 Å². The molecule has 0 bridgehead atoms. The summed E-state index contributed by atoms with van der Waals surface area (Å²) in [7, 11) is 0. The Morgan fingerprint density at radius 2 is 2.14 bits per heavy atom. The first kappa shape index (κ1) is 6.28. The molecule has 7 heavy (non-hydrogen) atoms. The van der Waals surface area contributed by atoms with Crippen molar-refractivity contribution in [2.45, 2.75) is 13.8 Å². The predicted molar refractivity (Wildman–Crippen MR) is 32.8 cm³/mol. The summed E-state index contributed by atoms with van der Waals surface area (Å²) < 4.78 is 0. The van der Waals surface area contributed by atoms with E-state index in [4.69, 9.17) is 5.73 Å². The molecule has 0 radical (unpaired) electrons. The lowest BCUT2D eigenvalue weighted by molar-refractivity contribution is 1.43. The summed E-state index contributed by atoms with van der Waals surface area (Å²) in [6.45, 7) is 3.92. The molecule has 0 saturated carbocycles. The first-order valence-corrected chi connectivity index (χ1v) is 2.32. The maximum Gasteiger partial charge on any atom is -0.00327 e. The minimum Gasteiger partial charge on any atom is -0.404 e. The molecule has 0 aliphatic heterocycles. The normalized spacial score (nSPS) is 13.1. The van der Waals surface area contributed by atoms with Crippen LogP contribution in [0.4, 0.5) is 0 Å². The Hall–Kier alpha value is -0.720. The molecule has 0 aromatic rings. The van der Waals surface area contributed by atoms with Crippen LogP contribution >= 0.6 is 0 Å². The van der Waals surface area contributed by atoms with Gasteiger partial charge in [-0.3, -0.25) is 0 Å². The molecule has 0 saturated heterocycles. The monoisotopic (exact) mass is 97.1 g/mol. The van der Waals surface area contributed by atoms with Crippen LogP contribution in [-0.2, 0) is 0 Å². The summed E-state index contributed by atoms with van der Waals surface area (Å²) in [6.07, 6.45) is 5.50. The van der Waals surface area contributed by atoms with Crippen molar-refractivity contribution in [3.8, 4) is 0 Å². The lowest BCUT2D eigenvalue weighted by atomic mass is 10.3. The van der Waals surface area contributed by atoms with E-state index in [2.05, 4.69) is 0 Å². The zero-order valence-corrected chi connectivity index (χ0v) is 4.81. The minimum atomic E-state index is 1.10. The number of nitrogens with two attached hydrogens (primary N) is 1. The molecule has 0 heterocycles. The Kier molecular flexibility index (Phi) is 3.11. The van der Waals surface area contributed by atoms with Gasteiger partial charge in [-0.05, 0) is 25.6 Å². The van der Waals surface area contributed by atoms with E-state index in [0.29, 0.717) is 0 Å². The fraction of sp³-hybridized carbons (Fsp3) is 0.333. The molecular formula is C6H11N. The van der Waals surface area contributed by atoms with Crippen molar-refractivity contribution in [1.29, 1.82) is 0 Å². The van der Waals surface area contributed by atoms with Crippen LogP contribution in [0, 0.1) is 0 Å². The number of rotatable bonds is 1. The SMILES string of the molecule is C/C=C/C(C)=C/N. The van der Waals surface area contributed by atoms with E-state index >= 15 is 0 Å². The third-order valence-electron chi connectivity index (χ3n) is 0.692. The van der Waals surface area contributed by atoms with Crippen LogP contribution in [0.25, 0.3) is 0 Å². The Balaban J connectivity index is 3.58. The number of hydrogen-bond acceptors (Lipinski definition) is 1. The Bertz CT molecular complexity index is 90.4. The van der Waals surface area contributed by atoms with Crippen molar-refractivity contribution >= 4 is 0 Å². The van der Waals surface area contributed by atoms with E-state index in [-0.39, 0.29) is 0 Å². The van der Waals surface area contributed by atoms with Gasteiger partial charge in [-0.25, -0.2) is 0 Å². The lowest BCUT2D eigenvalue weighted by Crippen LogP contribution is -1.78. The molecule has 0 fully saturated rings. The van der Waals surface area contributed by atoms with Crippen molar-refractivity contribution in [1.82, 2.24) is 0 Å². The average Bonchev–Trinajstić information content (AvgIpc) is 1.68. The van der Waals surface area contributed by atoms with Gasteiger partial charge in [0, 0.05) is 0 Å². The molecule has 0 aromatic heterocycles. The number of hydrogen-bond donors (Lipinski definition) is 1. The van der Waals surface area contributed by atoms with Gasteiger partial charge >= 0.3 is 0 Å². The second-order valence-corrected chi connectivity index (χ2v) is 1.41. The summed E-state index contributed by atoms with van der Waals surface area (Å²) in [4.78, 5) is 0. The van der Waals surface area contributed by atoms with Crippen LogP contribution in [0.5, 0.6) is 0 Å². The molecule has 40 valence electrons. The zero-order valence-electron chi connectivity index (χ0n) is 4.81. The Labute approximate surface area is 44.5 Å². The second kappa shape index (κ2) is 3.47. The second-order valence-electron chi connectivity index (χ2n) is 1.41. The highest BCUT2D eigenvalue weighted by atomic mass is 14.5. The van der Waals surface area contributed by atoms with Crippen molar-refractivity contribution in [3.05, 3.63) is 23.9 Å². The van der Waals surface area contributed by atoms with Crippen LogP contribution in [0.15, 0.2) is 23.9 Å². The molecule has 1 heteroatoms. The van der Waals surface area contributed by atoms with Crippen molar-refractivity contribution in [3.63, 3.8) is 0 Å². The third-order valence-corrected chi connectivity index (χ3v) is 0.692. The lowest BCUT2D eigenvalue weighted by Gasteiger charge is -1.81. The van der Waals surface area contributed by atoms with Gasteiger partial charge in [0.2, 0.25) is 0 Å². The first-order valence-electron chi connectivity index (χ1n) is 2.32. The van der Waals surface area contributed by atoms with E-state index in [0.717, 1.165) is 5.57 Å². The molecule has 0 unspecified atom stereocenters. The average molecular weight is 97.2 g/mol. The summed E-state index contributed by atoms with van der Waals surface area (Å²) in [5.74, 6) is 0. The van der Waals surface area contributed by atoms with Gasteiger partial charge in [-0.2, -0.15) is 0 Å². The Morgan fingerprint density at radius 1 is 1.57 bits per heavy atom. The molecule has 0 aliphatic carbocycles. The fourth-order valence-electron chi connectivity index (χ4n) is 0.318. The Morgan fingerprint density at radius 3 is 2.29 bits per heavy atom. The van der Waals surface area contributed by atoms with Crippen LogP contribution in [0.3, 0.4) is 0 Å². The van der Waals surface area contributed by atoms with Crippen molar-refractivity contribution in [2.75, 3.05) is 0 Å². The van der Waals surface area contributed by atoms with Gasteiger partial charge in [0.1, 0.15) is 0 Å². The third kappa shape index (κ3) is 3.10. The van der Waals surface area contributed by atoms with Crippen molar-refractivity contribution in [2.24, 2.45) is 5.73 Å². The summed E-state index contributed by atoms with van der Waals surface area (Å²) in [5.41, 5.74) is 6.24. The molecule has 0 aromatic carbocycles. The maximum atomic E-state index is 5.14.